The van der Waals surface area contributed by atoms with Crippen molar-refractivity contribution in [2.24, 2.45) is 11.8 Å². The predicted molar refractivity (Wildman–Crippen MR) is 61.0 cm³/mol. The maximum Gasteiger partial charge on any atom is 0.310 e. The lowest BCUT2D eigenvalue weighted by Crippen LogP contribution is -2.31. The van der Waals surface area contributed by atoms with Crippen LogP contribution in [0.25, 0.3) is 0 Å². The number of hydrogen-bond donors (Lipinski definition) is 1. The second-order valence-corrected chi connectivity index (χ2v) is 5.67. The Kier molecular flexibility index (Phi) is 2.88. The highest BCUT2D eigenvalue weighted by atomic mass is 16.5. The lowest BCUT2D eigenvalue weighted by molar-refractivity contribution is -0.150. The first-order valence-electron chi connectivity index (χ1n) is 6.75. The average molecular weight is 223 g/mol. The molecule has 0 spiro atoms. The van der Waals surface area contributed by atoms with Gasteiger partial charge in [-0.2, -0.15) is 0 Å². The molecule has 1 saturated carbocycles. The molecule has 90 valence electrons. The van der Waals surface area contributed by atoms with Crippen LogP contribution < -0.4 is 5.32 Å². The number of carbonyl (C=O) groups is 1. The highest BCUT2D eigenvalue weighted by Gasteiger charge is 2.43. The smallest absolute Gasteiger partial charge is 0.310 e. The minimum absolute atomic E-state index is 0.0617. The van der Waals surface area contributed by atoms with Crippen molar-refractivity contribution in [2.45, 2.75) is 57.0 Å². The number of esters is 1. The van der Waals surface area contributed by atoms with Crippen molar-refractivity contribution in [1.29, 1.82) is 0 Å². The van der Waals surface area contributed by atoms with Gasteiger partial charge in [0, 0.05) is 12.1 Å². The molecule has 2 bridgehead atoms. The molecule has 0 aromatic rings. The van der Waals surface area contributed by atoms with Crippen molar-refractivity contribution in [2.75, 3.05) is 6.61 Å². The monoisotopic (exact) mass is 223 g/mol. The second-order valence-electron chi connectivity index (χ2n) is 5.67. The van der Waals surface area contributed by atoms with Crippen LogP contribution in [-0.2, 0) is 9.53 Å². The van der Waals surface area contributed by atoms with Crippen LogP contribution in [0.2, 0.25) is 0 Å². The van der Waals surface area contributed by atoms with Gasteiger partial charge in [-0.1, -0.05) is 12.8 Å². The molecule has 3 fully saturated rings. The van der Waals surface area contributed by atoms with Gasteiger partial charge in [0.1, 0.15) is 0 Å². The van der Waals surface area contributed by atoms with Gasteiger partial charge in [0.25, 0.3) is 0 Å². The number of carbonyl (C=O) groups excluding carboxylic acids is 1. The predicted octanol–water partition coefficient (Wildman–Crippen LogP) is 1.86. The second kappa shape index (κ2) is 4.36. The highest BCUT2D eigenvalue weighted by molar-refractivity contribution is 5.74. The summed E-state index contributed by atoms with van der Waals surface area (Å²) in [4.78, 5) is 11.9. The largest absolute Gasteiger partial charge is 0.465 e. The molecular weight excluding hydrogens is 202 g/mol. The van der Waals surface area contributed by atoms with Gasteiger partial charge in [-0.25, -0.2) is 0 Å². The van der Waals surface area contributed by atoms with Crippen molar-refractivity contribution < 1.29 is 9.53 Å². The molecule has 2 saturated heterocycles. The number of nitrogens with one attached hydrogen (secondary N) is 1. The van der Waals surface area contributed by atoms with Gasteiger partial charge in [0.15, 0.2) is 0 Å². The molecule has 0 aromatic carbocycles. The van der Waals surface area contributed by atoms with Crippen LogP contribution in [0, 0.1) is 11.8 Å². The van der Waals surface area contributed by atoms with E-state index in [1.54, 1.807) is 0 Å². The first-order valence-corrected chi connectivity index (χ1v) is 6.75. The molecule has 1 aliphatic carbocycles. The maximum absolute atomic E-state index is 11.9. The van der Waals surface area contributed by atoms with E-state index in [2.05, 4.69) is 5.32 Å². The fourth-order valence-electron chi connectivity index (χ4n) is 3.57. The van der Waals surface area contributed by atoms with E-state index in [1.165, 1.54) is 32.1 Å². The Bertz CT molecular complexity index is 273. The van der Waals surface area contributed by atoms with Gasteiger partial charge in [0.2, 0.25) is 0 Å². The van der Waals surface area contributed by atoms with Gasteiger partial charge in [-0.15, -0.1) is 0 Å². The standard InChI is InChI=1S/C13H21NO2/c15-13(16-8-9-3-1-2-4-9)11-7-10-5-6-12(11)14-10/h9-12,14H,1-8H2. The zero-order chi connectivity index (χ0) is 11.0. The SMILES string of the molecule is O=C(OCC1CCCC1)C1CC2CCC1N2. The Morgan fingerprint density at radius 2 is 2.00 bits per heavy atom. The summed E-state index contributed by atoms with van der Waals surface area (Å²) in [7, 11) is 0. The number of rotatable bonds is 3. The quantitative estimate of drug-likeness (QED) is 0.742. The van der Waals surface area contributed by atoms with Crippen molar-refractivity contribution in [3.63, 3.8) is 0 Å². The number of ether oxygens (including phenoxy) is 1. The minimum Gasteiger partial charge on any atom is -0.465 e. The van der Waals surface area contributed by atoms with E-state index in [9.17, 15) is 4.79 Å². The van der Waals surface area contributed by atoms with Crippen LogP contribution in [0.4, 0.5) is 0 Å². The third-order valence-electron chi connectivity index (χ3n) is 4.54. The summed E-state index contributed by atoms with van der Waals surface area (Å²) >= 11 is 0. The van der Waals surface area contributed by atoms with Crippen LogP contribution in [0.1, 0.15) is 44.9 Å². The summed E-state index contributed by atoms with van der Waals surface area (Å²) in [6.45, 7) is 0.673. The van der Waals surface area contributed by atoms with E-state index in [1.807, 2.05) is 0 Å². The van der Waals surface area contributed by atoms with E-state index >= 15 is 0 Å². The fraction of sp³-hybridized carbons (Fsp3) is 0.923. The van der Waals surface area contributed by atoms with Crippen LogP contribution in [0.15, 0.2) is 0 Å². The molecule has 0 aromatic heterocycles. The number of hydrogen-bond acceptors (Lipinski definition) is 3. The molecule has 0 radical (unpaired) electrons. The lowest BCUT2D eigenvalue weighted by atomic mass is 9.89. The Morgan fingerprint density at radius 3 is 2.62 bits per heavy atom. The summed E-state index contributed by atoms with van der Waals surface area (Å²) in [5.74, 6) is 0.863. The minimum atomic E-state index is 0.0617. The zero-order valence-corrected chi connectivity index (χ0v) is 9.78. The first-order chi connectivity index (χ1) is 7.83. The summed E-state index contributed by atoms with van der Waals surface area (Å²) in [6, 6.07) is 1.01. The van der Waals surface area contributed by atoms with E-state index in [0.717, 1.165) is 12.8 Å². The molecule has 0 amide bonds. The molecular formula is C13H21NO2. The summed E-state index contributed by atoms with van der Waals surface area (Å²) in [6.07, 6.45) is 8.55. The molecule has 3 nitrogen and oxygen atoms in total. The summed E-state index contributed by atoms with van der Waals surface area (Å²) < 4.78 is 5.48. The Hall–Kier alpha value is -0.570. The number of fused-ring (bicyclic) bond motifs is 2. The van der Waals surface area contributed by atoms with Gasteiger partial charge in [-0.05, 0) is 38.0 Å². The van der Waals surface area contributed by atoms with Gasteiger partial charge in [-0.3, -0.25) is 4.79 Å². The van der Waals surface area contributed by atoms with Crippen LogP contribution >= 0.6 is 0 Å². The third kappa shape index (κ3) is 1.97. The molecule has 3 unspecified atom stereocenters. The van der Waals surface area contributed by atoms with E-state index in [4.69, 9.17) is 4.74 Å². The maximum atomic E-state index is 11.9. The molecule has 3 rings (SSSR count). The summed E-state index contributed by atoms with van der Waals surface area (Å²) in [5, 5.41) is 3.49. The van der Waals surface area contributed by atoms with Gasteiger partial charge >= 0.3 is 5.97 Å². The highest BCUT2D eigenvalue weighted by Crippen LogP contribution is 2.34. The van der Waals surface area contributed by atoms with Crippen molar-refractivity contribution in [3.8, 4) is 0 Å². The molecule has 16 heavy (non-hydrogen) atoms. The molecule has 3 heteroatoms. The average Bonchev–Trinajstić information content (AvgIpc) is 3.01. The normalized spacial score (nSPS) is 38.1. The van der Waals surface area contributed by atoms with E-state index < -0.39 is 0 Å². The van der Waals surface area contributed by atoms with E-state index in [-0.39, 0.29) is 11.9 Å². The molecule has 1 N–H and O–H groups in total. The fourth-order valence-corrected chi connectivity index (χ4v) is 3.57. The molecule has 2 aliphatic heterocycles. The van der Waals surface area contributed by atoms with Crippen LogP contribution in [0.5, 0.6) is 0 Å². The van der Waals surface area contributed by atoms with Crippen molar-refractivity contribution in [3.05, 3.63) is 0 Å². The van der Waals surface area contributed by atoms with Crippen molar-refractivity contribution in [1.82, 2.24) is 5.32 Å². The molecule has 2 heterocycles. The third-order valence-corrected chi connectivity index (χ3v) is 4.54. The van der Waals surface area contributed by atoms with Gasteiger partial charge < -0.3 is 10.1 Å². The molecule has 3 atom stereocenters. The Morgan fingerprint density at radius 1 is 1.19 bits per heavy atom. The Labute approximate surface area is 96.9 Å². The van der Waals surface area contributed by atoms with Crippen molar-refractivity contribution >= 4 is 5.97 Å². The Balaban J connectivity index is 1.46. The van der Waals surface area contributed by atoms with Crippen LogP contribution in [-0.4, -0.2) is 24.7 Å². The van der Waals surface area contributed by atoms with Gasteiger partial charge in [0.05, 0.1) is 12.5 Å². The summed E-state index contributed by atoms with van der Waals surface area (Å²) in [5.41, 5.74) is 0. The molecule has 3 aliphatic rings. The first kappa shape index (κ1) is 10.6. The van der Waals surface area contributed by atoms with E-state index in [0.29, 0.717) is 24.6 Å². The van der Waals surface area contributed by atoms with Crippen LogP contribution in [0.3, 0.4) is 0 Å². The topological polar surface area (TPSA) is 38.3 Å². The lowest BCUT2D eigenvalue weighted by Gasteiger charge is -2.19. The zero-order valence-electron chi connectivity index (χ0n) is 9.78.